The van der Waals surface area contributed by atoms with Crippen LogP contribution in [-0.4, -0.2) is 23.4 Å². The molecule has 136 valence electrons. The molecule has 0 bridgehead atoms. The minimum absolute atomic E-state index is 0.240. The number of anilines is 2. The summed E-state index contributed by atoms with van der Waals surface area (Å²) in [6, 6.07) is 17.2. The first-order valence-corrected chi connectivity index (χ1v) is 8.51. The van der Waals surface area contributed by atoms with Gasteiger partial charge in [0.05, 0.1) is 6.61 Å². The number of carbonyl (C=O) groups is 2. The van der Waals surface area contributed by atoms with E-state index in [0.717, 1.165) is 5.75 Å². The summed E-state index contributed by atoms with van der Waals surface area (Å²) in [5.41, 5.74) is 2.20. The van der Waals surface area contributed by atoms with Crippen LogP contribution in [0.3, 0.4) is 0 Å². The summed E-state index contributed by atoms with van der Waals surface area (Å²) in [7, 11) is 0. The molecule has 0 radical (unpaired) electrons. The van der Waals surface area contributed by atoms with E-state index in [9.17, 15) is 9.59 Å². The average Bonchev–Trinajstić information content (AvgIpc) is 2.70. The van der Waals surface area contributed by atoms with Gasteiger partial charge in [-0.25, -0.2) is 0 Å². The van der Waals surface area contributed by atoms with Gasteiger partial charge in [0, 0.05) is 34.9 Å². The summed E-state index contributed by atoms with van der Waals surface area (Å²) >= 11 is 0. The molecule has 0 aliphatic heterocycles. The average molecular weight is 361 g/mol. The fraction of sp³-hybridized carbons (Fsp3) is 0.0952. The number of benzene rings is 2. The van der Waals surface area contributed by atoms with Crippen molar-refractivity contribution in [2.75, 3.05) is 17.2 Å². The number of amides is 2. The van der Waals surface area contributed by atoms with Gasteiger partial charge in [0.1, 0.15) is 5.75 Å². The van der Waals surface area contributed by atoms with Crippen molar-refractivity contribution in [3.05, 3.63) is 84.2 Å². The maximum atomic E-state index is 12.4. The van der Waals surface area contributed by atoms with Crippen molar-refractivity contribution < 1.29 is 14.3 Å². The lowest BCUT2D eigenvalue weighted by Gasteiger charge is -2.09. The fourth-order valence-corrected chi connectivity index (χ4v) is 2.45. The van der Waals surface area contributed by atoms with Crippen molar-refractivity contribution in [1.29, 1.82) is 0 Å². The molecule has 1 aromatic heterocycles. The Kier molecular flexibility index (Phi) is 5.79. The first-order valence-electron chi connectivity index (χ1n) is 8.51. The summed E-state index contributed by atoms with van der Waals surface area (Å²) in [5.74, 6) is 0.234. The maximum absolute atomic E-state index is 12.4. The molecule has 2 N–H and O–H groups in total. The van der Waals surface area contributed by atoms with E-state index >= 15 is 0 Å². The molecule has 0 atom stereocenters. The second-order valence-electron chi connectivity index (χ2n) is 5.68. The second-order valence-corrected chi connectivity index (χ2v) is 5.68. The molecule has 2 aromatic carbocycles. The molecule has 0 unspecified atom stereocenters. The molecule has 0 saturated heterocycles. The molecule has 6 nitrogen and oxygen atoms in total. The summed E-state index contributed by atoms with van der Waals surface area (Å²) in [6.45, 7) is 2.48. The predicted molar refractivity (Wildman–Crippen MR) is 104 cm³/mol. The van der Waals surface area contributed by atoms with Crippen molar-refractivity contribution in [2.24, 2.45) is 0 Å². The highest BCUT2D eigenvalue weighted by molar-refractivity contribution is 6.06. The topological polar surface area (TPSA) is 80.3 Å². The van der Waals surface area contributed by atoms with Crippen molar-refractivity contribution >= 4 is 23.2 Å². The Morgan fingerprint density at radius 1 is 0.852 bits per heavy atom. The van der Waals surface area contributed by atoms with E-state index in [4.69, 9.17) is 4.74 Å². The number of aromatic nitrogens is 1. The van der Waals surface area contributed by atoms with Gasteiger partial charge in [-0.3, -0.25) is 14.6 Å². The van der Waals surface area contributed by atoms with Crippen LogP contribution in [0.4, 0.5) is 11.4 Å². The van der Waals surface area contributed by atoms with Gasteiger partial charge in [0.2, 0.25) is 0 Å². The van der Waals surface area contributed by atoms with Gasteiger partial charge in [0.15, 0.2) is 0 Å². The highest BCUT2D eigenvalue weighted by Gasteiger charge is 2.09. The van der Waals surface area contributed by atoms with Gasteiger partial charge in [-0.2, -0.15) is 0 Å². The van der Waals surface area contributed by atoms with Crippen molar-refractivity contribution in [3.63, 3.8) is 0 Å². The molecular weight excluding hydrogens is 342 g/mol. The van der Waals surface area contributed by atoms with Gasteiger partial charge in [-0.05, 0) is 61.5 Å². The number of nitrogens with one attached hydrogen (secondary N) is 2. The van der Waals surface area contributed by atoms with Crippen LogP contribution >= 0.6 is 0 Å². The Morgan fingerprint density at radius 3 is 1.96 bits per heavy atom. The van der Waals surface area contributed by atoms with Crippen LogP contribution in [0, 0.1) is 0 Å². The summed E-state index contributed by atoms with van der Waals surface area (Å²) in [6.07, 6.45) is 3.12. The Labute approximate surface area is 157 Å². The van der Waals surface area contributed by atoms with Crippen LogP contribution < -0.4 is 15.4 Å². The summed E-state index contributed by atoms with van der Waals surface area (Å²) < 4.78 is 5.37. The van der Waals surface area contributed by atoms with Gasteiger partial charge in [-0.15, -0.1) is 0 Å². The third-order valence-electron chi connectivity index (χ3n) is 3.75. The van der Waals surface area contributed by atoms with Crippen molar-refractivity contribution in [2.45, 2.75) is 6.92 Å². The third kappa shape index (κ3) is 4.92. The second kappa shape index (κ2) is 8.62. The van der Waals surface area contributed by atoms with Gasteiger partial charge < -0.3 is 15.4 Å². The van der Waals surface area contributed by atoms with Crippen LogP contribution in [-0.2, 0) is 0 Å². The lowest BCUT2D eigenvalue weighted by atomic mass is 10.2. The van der Waals surface area contributed by atoms with E-state index in [1.54, 1.807) is 73.1 Å². The lowest BCUT2D eigenvalue weighted by molar-refractivity contribution is 0.101. The van der Waals surface area contributed by atoms with E-state index in [-0.39, 0.29) is 11.8 Å². The Hall–Kier alpha value is -3.67. The smallest absolute Gasteiger partial charge is 0.255 e. The molecule has 2 amide bonds. The SMILES string of the molecule is CCOc1ccc(C(=O)Nc2cccc(NC(=O)c3ccncc3)c2)cc1. The summed E-state index contributed by atoms with van der Waals surface area (Å²) in [4.78, 5) is 28.5. The molecule has 0 saturated carbocycles. The fourth-order valence-electron chi connectivity index (χ4n) is 2.45. The Bertz CT molecular complexity index is 925. The molecule has 0 fully saturated rings. The van der Waals surface area contributed by atoms with Gasteiger partial charge >= 0.3 is 0 Å². The zero-order valence-electron chi connectivity index (χ0n) is 14.8. The number of hydrogen-bond donors (Lipinski definition) is 2. The van der Waals surface area contributed by atoms with E-state index in [0.29, 0.717) is 29.1 Å². The molecule has 6 heteroatoms. The van der Waals surface area contributed by atoms with Crippen LogP contribution in [0.15, 0.2) is 73.1 Å². The van der Waals surface area contributed by atoms with Crippen LogP contribution in [0.1, 0.15) is 27.6 Å². The number of nitrogens with zero attached hydrogens (tertiary/aromatic N) is 1. The number of pyridine rings is 1. The monoisotopic (exact) mass is 361 g/mol. The molecule has 0 aliphatic rings. The Balaban J connectivity index is 1.66. The quantitative estimate of drug-likeness (QED) is 0.696. The van der Waals surface area contributed by atoms with E-state index in [1.807, 2.05) is 6.92 Å². The van der Waals surface area contributed by atoms with Crippen molar-refractivity contribution in [3.8, 4) is 5.75 Å². The lowest BCUT2D eigenvalue weighted by Crippen LogP contribution is -2.14. The normalized spacial score (nSPS) is 10.1. The van der Waals surface area contributed by atoms with Crippen LogP contribution in [0.25, 0.3) is 0 Å². The van der Waals surface area contributed by atoms with Crippen LogP contribution in [0.2, 0.25) is 0 Å². The largest absolute Gasteiger partial charge is 0.494 e. The van der Waals surface area contributed by atoms with Gasteiger partial charge in [0.25, 0.3) is 11.8 Å². The minimum Gasteiger partial charge on any atom is -0.494 e. The molecule has 3 aromatic rings. The first kappa shape index (κ1) is 18.1. The standard InChI is InChI=1S/C21H19N3O3/c1-2-27-19-8-6-15(7-9-19)20(25)23-17-4-3-5-18(14-17)24-21(26)16-10-12-22-13-11-16/h3-14H,2H2,1H3,(H,23,25)(H,24,26). The molecule has 1 heterocycles. The number of carbonyl (C=O) groups excluding carboxylic acids is 2. The van der Waals surface area contributed by atoms with Crippen LogP contribution in [0.5, 0.6) is 5.75 Å². The molecule has 27 heavy (non-hydrogen) atoms. The number of ether oxygens (including phenoxy) is 1. The van der Waals surface area contributed by atoms with E-state index in [1.165, 1.54) is 0 Å². The number of hydrogen-bond acceptors (Lipinski definition) is 4. The van der Waals surface area contributed by atoms with Gasteiger partial charge in [-0.1, -0.05) is 6.07 Å². The van der Waals surface area contributed by atoms with E-state index < -0.39 is 0 Å². The zero-order chi connectivity index (χ0) is 19.1. The highest BCUT2D eigenvalue weighted by Crippen LogP contribution is 2.18. The molecular formula is C21H19N3O3. The molecule has 3 rings (SSSR count). The zero-order valence-corrected chi connectivity index (χ0v) is 14.8. The minimum atomic E-state index is -0.243. The van der Waals surface area contributed by atoms with Crippen molar-refractivity contribution in [1.82, 2.24) is 4.98 Å². The third-order valence-corrected chi connectivity index (χ3v) is 3.75. The van der Waals surface area contributed by atoms with E-state index in [2.05, 4.69) is 15.6 Å². The Morgan fingerprint density at radius 2 is 1.41 bits per heavy atom. The molecule has 0 spiro atoms. The first-order chi connectivity index (χ1) is 13.2. The predicted octanol–water partition coefficient (Wildman–Crippen LogP) is 3.98. The number of rotatable bonds is 6. The summed E-state index contributed by atoms with van der Waals surface area (Å²) in [5, 5.41) is 5.62. The maximum Gasteiger partial charge on any atom is 0.255 e. The molecule has 0 aliphatic carbocycles. The highest BCUT2D eigenvalue weighted by atomic mass is 16.5.